The molecular formula is C17H25N7O2. The summed E-state index contributed by atoms with van der Waals surface area (Å²) in [5.74, 6) is 2.50. The fourth-order valence-electron chi connectivity index (χ4n) is 2.75. The second-order valence-electron chi connectivity index (χ2n) is 6.45. The van der Waals surface area contributed by atoms with E-state index in [1.165, 1.54) is 4.90 Å². The van der Waals surface area contributed by atoms with Crippen LogP contribution in [0.15, 0.2) is 34.1 Å². The van der Waals surface area contributed by atoms with E-state index in [2.05, 4.69) is 25.7 Å². The van der Waals surface area contributed by atoms with Crippen LogP contribution in [0.3, 0.4) is 0 Å². The molecule has 0 aliphatic carbocycles. The van der Waals surface area contributed by atoms with Crippen LogP contribution in [0.1, 0.15) is 18.0 Å². The summed E-state index contributed by atoms with van der Waals surface area (Å²) in [5, 5.41) is 10.9. The molecule has 9 heteroatoms. The molecule has 2 N–H and O–H groups in total. The third-order valence-corrected chi connectivity index (χ3v) is 4.26. The van der Waals surface area contributed by atoms with Gasteiger partial charge in [-0.2, -0.15) is 5.10 Å². The first kappa shape index (κ1) is 18.0. The molecule has 1 amide bonds. The predicted molar refractivity (Wildman–Crippen MR) is 96.7 cm³/mol. The average molecular weight is 359 g/mol. The minimum Gasteiger partial charge on any atom is -0.469 e. The SMILES string of the molecule is CN(C)C(=O)CN=C(NCCc1ccco1)NC1CCc2ncnn2C1. The molecular weight excluding hydrogens is 334 g/mol. The molecule has 140 valence electrons. The lowest BCUT2D eigenvalue weighted by atomic mass is 10.1. The number of aryl methyl sites for hydroxylation is 1. The first-order chi connectivity index (χ1) is 12.6. The van der Waals surface area contributed by atoms with Crippen LogP contribution in [0.2, 0.25) is 0 Å². The van der Waals surface area contributed by atoms with Crippen molar-refractivity contribution in [1.82, 2.24) is 30.3 Å². The summed E-state index contributed by atoms with van der Waals surface area (Å²) in [6, 6.07) is 4.00. The maximum Gasteiger partial charge on any atom is 0.243 e. The van der Waals surface area contributed by atoms with E-state index in [9.17, 15) is 4.79 Å². The average Bonchev–Trinajstić information content (AvgIpc) is 3.30. The second-order valence-corrected chi connectivity index (χ2v) is 6.45. The lowest BCUT2D eigenvalue weighted by Crippen LogP contribution is -2.48. The molecule has 1 atom stereocenters. The van der Waals surface area contributed by atoms with Gasteiger partial charge in [0.25, 0.3) is 0 Å². The molecule has 0 radical (unpaired) electrons. The Labute approximate surface area is 152 Å². The van der Waals surface area contributed by atoms with Crippen molar-refractivity contribution in [3.05, 3.63) is 36.3 Å². The summed E-state index contributed by atoms with van der Waals surface area (Å²) >= 11 is 0. The number of nitrogens with one attached hydrogen (secondary N) is 2. The number of carbonyl (C=O) groups is 1. The van der Waals surface area contributed by atoms with Gasteiger partial charge in [-0.15, -0.1) is 0 Å². The number of nitrogens with zero attached hydrogens (tertiary/aromatic N) is 5. The number of fused-ring (bicyclic) bond motifs is 1. The van der Waals surface area contributed by atoms with E-state index in [0.717, 1.165) is 37.4 Å². The fraction of sp³-hybridized carbons (Fsp3) is 0.529. The second kappa shape index (κ2) is 8.50. The summed E-state index contributed by atoms with van der Waals surface area (Å²) in [5.41, 5.74) is 0. The van der Waals surface area contributed by atoms with Crippen LogP contribution >= 0.6 is 0 Å². The third kappa shape index (κ3) is 4.84. The minimum absolute atomic E-state index is 0.0423. The van der Waals surface area contributed by atoms with Crippen LogP contribution in [0.25, 0.3) is 0 Å². The molecule has 2 aromatic heterocycles. The molecule has 9 nitrogen and oxygen atoms in total. The van der Waals surface area contributed by atoms with Crippen molar-refractivity contribution in [2.45, 2.75) is 31.8 Å². The maximum atomic E-state index is 11.9. The summed E-state index contributed by atoms with van der Waals surface area (Å²) in [6.07, 6.45) is 5.81. The van der Waals surface area contributed by atoms with Gasteiger partial charge in [0.1, 0.15) is 24.5 Å². The predicted octanol–water partition coefficient (Wildman–Crippen LogP) is 0.0520. The van der Waals surface area contributed by atoms with Crippen molar-refractivity contribution >= 4 is 11.9 Å². The zero-order chi connectivity index (χ0) is 18.4. The molecule has 2 aromatic rings. The number of guanidine groups is 1. The molecule has 26 heavy (non-hydrogen) atoms. The number of likely N-dealkylation sites (N-methyl/N-ethyl adjacent to an activating group) is 1. The van der Waals surface area contributed by atoms with Crippen LogP contribution in [0.5, 0.6) is 0 Å². The van der Waals surface area contributed by atoms with Gasteiger partial charge < -0.3 is 20.0 Å². The molecule has 0 spiro atoms. The lowest BCUT2D eigenvalue weighted by Gasteiger charge is -2.25. The summed E-state index contributed by atoms with van der Waals surface area (Å²) < 4.78 is 7.25. The van der Waals surface area contributed by atoms with Crippen LogP contribution in [-0.2, 0) is 24.2 Å². The van der Waals surface area contributed by atoms with Gasteiger partial charge in [0.15, 0.2) is 5.96 Å². The summed E-state index contributed by atoms with van der Waals surface area (Å²) in [6.45, 7) is 1.50. The number of hydrogen-bond donors (Lipinski definition) is 2. The molecule has 1 aliphatic rings. The number of carbonyl (C=O) groups excluding carboxylic acids is 1. The smallest absolute Gasteiger partial charge is 0.243 e. The van der Waals surface area contributed by atoms with Crippen molar-refractivity contribution in [2.24, 2.45) is 4.99 Å². The Kier molecular flexibility index (Phi) is 5.88. The topological polar surface area (TPSA) is 101 Å². The lowest BCUT2D eigenvalue weighted by molar-refractivity contribution is -0.127. The van der Waals surface area contributed by atoms with Gasteiger partial charge in [-0.05, 0) is 18.6 Å². The minimum atomic E-state index is -0.0423. The van der Waals surface area contributed by atoms with Crippen LogP contribution < -0.4 is 10.6 Å². The molecule has 1 unspecified atom stereocenters. The van der Waals surface area contributed by atoms with Crippen LogP contribution in [0, 0.1) is 0 Å². The van der Waals surface area contributed by atoms with Gasteiger partial charge in [0.05, 0.1) is 12.8 Å². The maximum absolute atomic E-state index is 11.9. The van der Waals surface area contributed by atoms with Crippen molar-refractivity contribution in [3.8, 4) is 0 Å². The van der Waals surface area contributed by atoms with Crippen molar-refractivity contribution in [2.75, 3.05) is 27.2 Å². The monoisotopic (exact) mass is 359 g/mol. The Morgan fingerprint density at radius 3 is 3.15 bits per heavy atom. The van der Waals surface area contributed by atoms with E-state index in [4.69, 9.17) is 4.42 Å². The Balaban J connectivity index is 1.58. The summed E-state index contributed by atoms with van der Waals surface area (Å²) in [4.78, 5) is 22.1. The number of amides is 1. The molecule has 0 saturated heterocycles. The number of aliphatic imine (C=N–C) groups is 1. The molecule has 3 rings (SSSR count). The molecule has 0 fully saturated rings. The Hall–Kier alpha value is -2.84. The van der Waals surface area contributed by atoms with E-state index < -0.39 is 0 Å². The molecule has 1 aliphatic heterocycles. The molecule has 3 heterocycles. The van der Waals surface area contributed by atoms with Crippen LogP contribution in [-0.4, -0.2) is 64.8 Å². The highest BCUT2D eigenvalue weighted by Gasteiger charge is 2.20. The van der Waals surface area contributed by atoms with Crippen molar-refractivity contribution in [1.29, 1.82) is 0 Å². The first-order valence-electron chi connectivity index (χ1n) is 8.76. The van der Waals surface area contributed by atoms with Gasteiger partial charge >= 0.3 is 0 Å². The van der Waals surface area contributed by atoms with Crippen LogP contribution in [0.4, 0.5) is 0 Å². The Morgan fingerprint density at radius 1 is 1.50 bits per heavy atom. The molecule has 0 aromatic carbocycles. The number of aromatic nitrogens is 3. The standard InChI is InChI=1S/C17H25N7O2/c1-23(2)16(25)10-19-17(18-8-7-14-4-3-9-26-14)22-13-5-6-15-20-12-21-24(15)11-13/h3-4,9,12-13H,5-8,10-11H2,1-2H3,(H2,18,19,22). The highest BCUT2D eigenvalue weighted by molar-refractivity contribution is 5.84. The van der Waals surface area contributed by atoms with Gasteiger partial charge in [-0.3, -0.25) is 4.79 Å². The normalized spacial score (nSPS) is 16.8. The van der Waals surface area contributed by atoms with Gasteiger partial charge in [0, 0.05) is 39.5 Å². The number of furan rings is 1. The van der Waals surface area contributed by atoms with Crippen molar-refractivity contribution < 1.29 is 9.21 Å². The zero-order valence-electron chi connectivity index (χ0n) is 15.2. The Bertz CT molecular complexity index is 736. The highest BCUT2D eigenvalue weighted by Crippen LogP contribution is 2.11. The fourth-order valence-corrected chi connectivity index (χ4v) is 2.75. The first-order valence-corrected chi connectivity index (χ1v) is 8.76. The van der Waals surface area contributed by atoms with E-state index in [1.807, 2.05) is 16.8 Å². The van der Waals surface area contributed by atoms with Crippen molar-refractivity contribution in [3.63, 3.8) is 0 Å². The zero-order valence-corrected chi connectivity index (χ0v) is 15.2. The highest BCUT2D eigenvalue weighted by atomic mass is 16.3. The number of hydrogen-bond acceptors (Lipinski definition) is 5. The molecule has 0 bridgehead atoms. The van der Waals surface area contributed by atoms with Gasteiger partial charge in [-0.25, -0.2) is 14.7 Å². The van der Waals surface area contributed by atoms with E-state index in [-0.39, 0.29) is 18.5 Å². The largest absolute Gasteiger partial charge is 0.469 e. The summed E-state index contributed by atoms with van der Waals surface area (Å²) in [7, 11) is 3.45. The number of rotatable bonds is 6. The Morgan fingerprint density at radius 2 is 2.38 bits per heavy atom. The van der Waals surface area contributed by atoms with E-state index in [1.54, 1.807) is 26.7 Å². The van der Waals surface area contributed by atoms with Gasteiger partial charge in [0.2, 0.25) is 5.91 Å². The third-order valence-electron chi connectivity index (χ3n) is 4.26. The quantitative estimate of drug-likeness (QED) is 0.558. The van der Waals surface area contributed by atoms with Gasteiger partial charge in [-0.1, -0.05) is 0 Å². The van der Waals surface area contributed by atoms with E-state index in [0.29, 0.717) is 12.5 Å². The molecule has 0 saturated carbocycles. The van der Waals surface area contributed by atoms with E-state index >= 15 is 0 Å².